The molecule has 154 valence electrons. The van der Waals surface area contributed by atoms with Crippen molar-refractivity contribution in [1.29, 1.82) is 0 Å². The standard InChI is InChI=1S/C24H40O3/c1-6-16-13-23(3)20(15(2)25)9-10-21(23)19-8-7-17-14-24(26-4,27-5)12-11-18(17)22(16)19/h15-16,19-22,25H,6-14H2,1-5H3/t15-,16+,19+,20-,21-,22-,23-/m1/s1. The Labute approximate surface area is 165 Å². The van der Waals surface area contributed by atoms with E-state index in [2.05, 4.69) is 13.8 Å². The van der Waals surface area contributed by atoms with E-state index < -0.39 is 0 Å². The maximum Gasteiger partial charge on any atom is 0.171 e. The number of hydrogen-bond donors (Lipinski definition) is 1. The van der Waals surface area contributed by atoms with E-state index in [9.17, 15) is 5.11 Å². The van der Waals surface area contributed by atoms with Crippen LogP contribution >= 0.6 is 0 Å². The Hall–Kier alpha value is -0.380. The van der Waals surface area contributed by atoms with Gasteiger partial charge in [-0.05, 0) is 80.5 Å². The van der Waals surface area contributed by atoms with Crippen molar-refractivity contribution >= 4 is 0 Å². The summed E-state index contributed by atoms with van der Waals surface area (Å²) in [7, 11) is 3.60. The third-order valence-corrected chi connectivity index (χ3v) is 9.42. The highest BCUT2D eigenvalue weighted by Gasteiger charge is 2.59. The molecule has 0 spiro atoms. The van der Waals surface area contributed by atoms with E-state index >= 15 is 0 Å². The van der Waals surface area contributed by atoms with Crippen molar-refractivity contribution in [3.8, 4) is 0 Å². The fraction of sp³-hybridized carbons (Fsp3) is 0.917. The lowest BCUT2D eigenvalue weighted by Gasteiger charge is -2.56. The molecule has 3 nitrogen and oxygen atoms in total. The van der Waals surface area contributed by atoms with Gasteiger partial charge in [0.25, 0.3) is 0 Å². The van der Waals surface area contributed by atoms with Crippen LogP contribution in [0.15, 0.2) is 11.1 Å². The molecule has 2 saturated carbocycles. The minimum atomic E-state index is -0.388. The third kappa shape index (κ3) is 2.95. The molecule has 0 amide bonds. The van der Waals surface area contributed by atoms with Crippen LogP contribution in [0.25, 0.3) is 0 Å². The van der Waals surface area contributed by atoms with Gasteiger partial charge in [-0.25, -0.2) is 0 Å². The zero-order chi connectivity index (χ0) is 19.4. The summed E-state index contributed by atoms with van der Waals surface area (Å²) in [5.41, 5.74) is 3.77. The molecule has 3 heteroatoms. The monoisotopic (exact) mass is 376 g/mol. The summed E-state index contributed by atoms with van der Waals surface area (Å²) >= 11 is 0. The Morgan fingerprint density at radius 2 is 1.89 bits per heavy atom. The molecular formula is C24H40O3. The maximum absolute atomic E-state index is 10.5. The van der Waals surface area contributed by atoms with Crippen molar-refractivity contribution in [3.63, 3.8) is 0 Å². The van der Waals surface area contributed by atoms with Gasteiger partial charge in [-0.3, -0.25) is 0 Å². The van der Waals surface area contributed by atoms with Crippen molar-refractivity contribution in [3.05, 3.63) is 11.1 Å². The van der Waals surface area contributed by atoms with Crippen LogP contribution < -0.4 is 0 Å². The molecular weight excluding hydrogens is 336 g/mol. The van der Waals surface area contributed by atoms with Crippen LogP contribution in [0.5, 0.6) is 0 Å². The molecule has 1 N–H and O–H groups in total. The smallest absolute Gasteiger partial charge is 0.171 e. The van der Waals surface area contributed by atoms with Crippen LogP contribution in [0, 0.1) is 35.0 Å². The van der Waals surface area contributed by atoms with Crippen LogP contribution in [0.3, 0.4) is 0 Å². The molecule has 0 aromatic rings. The summed E-state index contributed by atoms with van der Waals surface area (Å²) < 4.78 is 11.6. The van der Waals surface area contributed by atoms with E-state index in [0.29, 0.717) is 11.3 Å². The molecule has 0 aromatic carbocycles. The van der Waals surface area contributed by atoms with Crippen molar-refractivity contribution in [2.75, 3.05) is 14.2 Å². The topological polar surface area (TPSA) is 38.7 Å². The predicted octanol–water partition coefficient (Wildman–Crippen LogP) is 5.33. The van der Waals surface area contributed by atoms with Gasteiger partial charge in [0.15, 0.2) is 5.79 Å². The first-order valence-corrected chi connectivity index (χ1v) is 11.4. The molecule has 0 aromatic heterocycles. The number of allylic oxidation sites excluding steroid dienone is 1. The SMILES string of the molecule is CC[C@H]1C[C@@]2(C)[C@H](CC[C@@H]2[C@@H](C)O)[C@@H]2CCC3=C(CCC(OC)(OC)C3)[C@@H]12. The first kappa shape index (κ1) is 19.9. The number of aliphatic hydroxyl groups excluding tert-OH is 1. The highest BCUT2D eigenvalue weighted by atomic mass is 16.7. The molecule has 7 atom stereocenters. The molecule has 0 bridgehead atoms. The summed E-state index contributed by atoms with van der Waals surface area (Å²) in [4.78, 5) is 0. The van der Waals surface area contributed by atoms with Crippen molar-refractivity contribution < 1.29 is 14.6 Å². The fourth-order valence-electron chi connectivity index (χ4n) is 8.16. The van der Waals surface area contributed by atoms with Gasteiger partial charge < -0.3 is 14.6 Å². The lowest BCUT2D eigenvalue weighted by molar-refractivity contribution is -0.214. The average Bonchev–Trinajstić information content (AvgIpc) is 3.03. The highest BCUT2D eigenvalue weighted by molar-refractivity contribution is 5.29. The minimum absolute atomic E-state index is 0.161. The van der Waals surface area contributed by atoms with Crippen LogP contribution in [0.4, 0.5) is 0 Å². The van der Waals surface area contributed by atoms with E-state index in [1.807, 2.05) is 6.92 Å². The Morgan fingerprint density at radius 1 is 1.15 bits per heavy atom. The quantitative estimate of drug-likeness (QED) is 0.533. The minimum Gasteiger partial charge on any atom is -0.393 e. The van der Waals surface area contributed by atoms with Gasteiger partial charge in [-0.15, -0.1) is 0 Å². The third-order valence-electron chi connectivity index (χ3n) is 9.42. The van der Waals surface area contributed by atoms with Crippen molar-refractivity contribution in [2.24, 2.45) is 35.0 Å². The van der Waals surface area contributed by atoms with Crippen molar-refractivity contribution in [2.45, 2.75) is 90.4 Å². The summed E-state index contributed by atoms with van der Waals surface area (Å²) in [6.07, 6.45) is 10.6. The summed E-state index contributed by atoms with van der Waals surface area (Å²) in [6.45, 7) is 6.94. The van der Waals surface area contributed by atoms with Gasteiger partial charge in [0.2, 0.25) is 0 Å². The first-order valence-electron chi connectivity index (χ1n) is 11.4. The summed E-state index contributed by atoms with van der Waals surface area (Å²) in [5.74, 6) is 3.29. The number of ether oxygens (including phenoxy) is 2. The maximum atomic E-state index is 10.5. The van der Waals surface area contributed by atoms with E-state index in [0.717, 1.165) is 42.9 Å². The Balaban J connectivity index is 1.67. The first-order chi connectivity index (χ1) is 12.9. The summed E-state index contributed by atoms with van der Waals surface area (Å²) in [5, 5.41) is 10.5. The number of methoxy groups -OCH3 is 2. The van der Waals surface area contributed by atoms with E-state index in [4.69, 9.17) is 9.47 Å². The molecule has 0 unspecified atom stereocenters. The zero-order valence-corrected chi connectivity index (χ0v) is 18.1. The predicted molar refractivity (Wildman–Crippen MR) is 108 cm³/mol. The van der Waals surface area contributed by atoms with Crippen LogP contribution in [0.2, 0.25) is 0 Å². The number of rotatable bonds is 4. The second-order valence-electron chi connectivity index (χ2n) is 10.3. The van der Waals surface area contributed by atoms with Crippen LogP contribution in [-0.4, -0.2) is 31.2 Å². The molecule has 0 radical (unpaired) electrons. The molecule has 2 fully saturated rings. The van der Waals surface area contributed by atoms with Gasteiger partial charge in [-0.2, -0.15) is 0 Å². The van der Waals surface area contributed by atoms with Crippen molar-refractivity contribution in [1.82, 2.24) is 0 Å². The Bertz CT molecular complexity index is 590. The Kier molecular flexibility index (Phi) is 5.27. The lowest BCUT2D eigenvalue weighted by Crippen LogP contribution is -2.50. The molecule has 4 aliphatic rings. The normalized spacial score (nSPS) is 44.4. The number of hydrogen-bond acceptors (Lipinski definition) is 3. The molecule has 0 heterocycles. The molecule has 27 heavy (non-hydrogen) atoms. The van der Waals surface area contributed by atoms with Gasteiger partial charge in [0.05, 0.1) is 6.10 Å². The lowest BCUT2D eigenvalue weighted by atomic mass is 9.49. The number of aliphatic hydroxyl groups is 1. The second kappa shape index (κ2) is 7.15. The summed E-state index contributed by atoms with van der Waals surface area (Å²) in [6, 6.07) is 0. The number of fused-ring (bicyclic) bond motifs is 4. The van der Waals surface area contributed by atoms with E-state index in [-0.39, 0.29) is 11.9 Å². The average molecular weight is 377 g/mol. The van der Waals surface area contributed by atoms with E-state index in [1.54, 1.807) is 25.4 Å². The molecule has 4 rings (SSSR count). The Morgan fingerprint density at radius 3 is 2.52 bits per heavy atom. The largest absolute Gasteiger partial charge is 0.393 e. The molecule has 0 aliphatic heterocycles. The van der Waals surface area contributed by atoms with Gasteiger partial charge in [-0.1, -0.05) is 31.4 Å². The second-order valence-corrected chi connectivity index (χ2v) is 10.3. The zero-order valence-electron chi connectivity index (χ0n) is 18.1. The molecule has 4 aliphatic carbocycles. The van der Waals surface area contributed by atoms with Crippen LogP contribution in [0.1, 0.15) is 78.6 Å². The fourth-order valence-corrected chi connectivity index (χ4v) is 8.16. The van der Waals surface area contributed by atoms with Gasteiger partial charge in [0, 0.05) is 27.1 Å². The highest BCUT2D eigenvalue weighted by Crippen LogP contribution is 2.66. The molecule has 0 saturated heterocycles. The van der Waals surface area contributed by atoms with Gasteiger partial charge in [0.1, 0.15) is 0 Å². The van der Waals surface area contributed by atoms with Crippen LogP contribution in [-0.2, 0) is 9.47 Å². The van der Waals surface area contributed by atoms with Gasteiger partial charge >= 0.3 is 0 Å². The van der Waals surface area contributed by atoms with E-state index in [1.165, 1.54) is 38.5 Å².